The minimum Gasteiger partial charge on any atom is -0.325 e. The van der Waals surface area contributed by atoms with Gasteiger partial charge in [0.25, 0.3) is 0 Å². The average molecular weight is 265 g/mol. The minimum absolute atomic E-state index is 0.0677. The summed E-state index contributed by atoms with van der Waals surface area (Å²) in [6, 6.07) is 8.11. The molecule has 1 rings (SSSR count). The first-order chi connectivity index (χ1) is 8.40. The van der Waals surface area contributed by atoms with Gasteiger partial charge >= 0.3 is 0 Å². The first kappa shape index (κ1) is 15.1. The first-order valence-corrected chi connectivity index (χ1v) is 7.42. The fraction of sp³-hybridized carbons (Fsp3) is 0.533. The molecule has 100 valence electrons. The summed E-state index contributed by atoms with van der Waals surface area (Å²) in [6.45, 7) is 8.51. The molecule has 3 heteroatoms. The lowest BCUT2D eigenvalue weighted by atomic mass is 10.1. The van der Waals surface area contributed by atoms with E-state index in [1.165, 1.54) is 5.56 Å². The molecule has 2 nitrogen and oxygen atoms in total. The van der Waals surface area contributed by atoms with E-state index >= 15 is 0 Å². The smallest absolute Gasteiger partial charge is 0.234 e. The van der Waals surface area contributed by atoms with Gasteiger partial charge in [-0.1, -0.05) is 46.2 Å². The Balaban J connectivity index is 2.44. The molecule has 0 aliphatic rings. The van der Waals surface area contributed by atoms with E-state index in [1.807, 2.05) is 12.1 Å². The number of thioether (sulfide) groups is 1. The van der Waals surface area contributed by atoms with Crippen LogP contribution in [0, 0.1) is 0 Å². The number of hydrogen-bond donors (Lipinski definition) is 1. The van der Waals surface area contributed by atoms with Crippen molar-refractivity contribution in [2.75, 3.05) is 11.1 Å². The Morgan fingerprint density at radius 2 is 1.83 bits per heavy atom. The highest BCUT2D eigenvalue weighted by Gasteiger charge is 2.13. The van der Waals surface area contributed by atoms with E-state index in [1.54, 1.807) is 11.8 Å². The zero-order valence-corrected chi connectivity index (χ0v) is 12.6. The van der Waals surface area contributed by atoms with Crippen molar-refractivity contribution >= 4 is 23.4 Å². The average Bonchev–Trinajstić information content (AvgIpc) is 2.29. The third-order valence-corrected chi connectivity index (χ3v) is 3.69. The lowest BCUT2D eigenvalue weighted by Crippen LogP contribution is -2.18. The maximum absolute atomic E-state index is 11.7. The molecule has 0 radical (unpaired) electrons. The largest absolute Gasteiger partial charge is 0.325 e. The number of rotatable bonds is 5. The molecular weight excluding hydrogens is 242 g/mol. The summed E-state index contributed by atoms with van der Waals surface area (Å²) in [5.74, 6) is 0.568. The Hall–Kier alpha value is -0.960. The topological polar surface area (TPSA) is 29.1 Å². The van der Waals surface area contributed by atoms with Crippen LogP contribution in [0.2, 0.25) is 0 Å². The number of nitrogens with one attached hydrogen (secondary N) is 1. The molecule has 0 saturated carbocycles. The van der Waals surface area contributed by atoms with Crippen LogP contribution >= 0.6 is 11.8 Å². The second kappa shape index (κ2) is 6.83. The van der Waals surface area contributed by atoms with E-state index in [0.717, 1.165) is 18.5 Å². The van der Waals surface area contributed by atoms with Crippen LogP contribution in [-0.2, 0) is 11.2 Å². The Labute approximate surface area is 115 Å². The first-order valence-electron chi connectivity index (χ1n) is 6.43. The SMILES string of the molecule is CCCc1ccc(NC(=O)CSC(C)(C)C)cc1. The summed E-state index contributed by atoms with van der Waals surface area (Å²) in [5, 5.41) is 2.92. The van der Waals surface area contributed by atoms with Crippen molar-refractivity contribution in [3.05, 3.63) is 29.8 Å². The van der Waals surface area contributed by atoms with Gasteiger partial charge in [-0.15, -0.1) is 11.8 Å². The second-order valence-corrected chi connectivity index (χ2v) is 7.20. The molecule has 0 aliphatic heterocycles. The van der Waals surface area contributed by atoms with E-state index in [9.17, 15) is 4.79 Å². The van der Waals surface area contributed by atoms with Crippen molar-refractivity contribution in [2.24, 2.45) is 0 Å². The molecule has 18 heavy (non-hydrogen) atoms. The fourth-order valence-electron chi connectivity index (χ4n) is 1.52. The van der Waals surface area contributed by atoms with Gasteiger partial charge in [-0.25, -0.2) is 0 Å². The Bertz CT molecular complexity index is 378. The van der Waals surface area contributed by atoms with Crippen LogP contribution in [0.25, 0.3) is 0 Å². The normalized spacial score (nSPS) is 11.3. The third-order valence-electron chi connectivity index (χ3n) is 2.41. The highest BCUT2D eigenvalue weighted by atomic mass is 32.2. The van der Waals surface area contributed by atoms with Gasteiger partial charge < -0.3 is 5.32 Å². The van der Waals surface area contributed by atoms with Crippen LogP contribution < -0.4 is 5.32 Å². The molecule has 0 atom stereocenters. The van der Waals surface area contributed by atoms with E-state index in [4.69, 9.17) is 0 Å². The van der Waals surface area contributed by atoms with E-state index < -0.39 is 0 Å². The van der Waals surface area contributed by atoms with Gasteiger partial charge in [-0.05, 0) is 24.1 Å². The molecule has 1 aromatic carbocycles. The van der Waals surface area contributed by atoms with Crippen molar-refractivity contribution in [3.63, 3.8) is 0 Å². The quantitative estimate of drug-likeness (QED) is 0.868. The maximum atomic E-state index is 11.7. The van der Waals surface area contributed by atoms with Crippen molar-refractivity contribution in [3.8, 4) is 0 Å². The number of carbonyl (C=O) groups excluding carboxylic acids is 1. The molecular formula is C15H23NOS. The molecule has 0 unspecified atom stereocenters. The van der Waals surface area contributed by atoms with Gasteiger partial charge in [0.15, 0.2) is 0 Å². The third kappa shape index (κ3) is 6.10. The maximum Gasteiger partial charge on any atom is 0.234 e. The van der Waals surface area contributed by atoms with Crippen molar-refractivity contribution in [1.82, 2.24) is 0 Å². The number of aryl methyl sites for hydroxylation is 1. The number of amides is 1. The van der Waals surface area contributed by atoms with Crippen LogP contribution in [0.5, 0.6) is 0 Å². The van der Waals surface area contributed by atoms with Gasteiger partial charge in [0.2, 0.25) is 5.91 Å². The number of anilines is 1. The molecule has 0 aromatic heterocycles. The van der Waals surface area contributed by atoms with Crippen LogP contribution in [0.1, 0.15) is 39.7 Å². The molecule has 1 aromatic rings. The highest BCUT2D eigenvalue weighted by molar-refractivity contribution is 8.01. The van der Waals surface area contributed by atoms with E-state index in [2.05, 4.69) is 45.1 Å². The fourth-order valence-corrected chi connectivity index (χ4v) is 2.16. The summed E-state index contributed by atoms with van der Waals surface area (Å²) in [4.78, 5) is 11.7. The summed E-state index contributed by atoms with van der Waals surface area (Å²) < 4.78 is 0.127. The van der Waals surface area contributed by atoms with Crippen LogP contribution in [-0.4, -0.2) is 16.4 Å². The zero-order valence-electron chi connectivity index (χ0n) is 11.7. The van der Waals surface area contributed by atoms with Gasteiger partial charge in [-0.3, -0.25) is 4.79 Å². The standard InChI is InChI=1S/C15H23NOS/c1-5-6-12-7-9-13(10-8-12)16-14(17)11-18-15(2,3)4/h7-10H,5-6,11H2,1-4H3,(H,16,17). The number of benzene rings is 1. The van der Waals surface area contributed by atoms with Gasteiger partial charge in [0.05, 0.1) is 5.75 Å². The van der Waals surface area contributed by atoms with Gasteiger partial charge in [-0.2, -0.15) is 0 Å². The molecule has 1 N–H and O–H groups in total. The summed E-state index contributed by atoms with van der Waals surface area (Å²) in [6.07, 6.45) is 2.24. The van der Waals surface area contributed by atoms with E-state index in [-0.39, 0.29) is 10.7 Å². The van der Waals surface area contributed by atoms with Crippen LogP contribution in [0.4, 0.5) is 5.69 Å². The van der Waals surface area contributed by atoms with Crippen molar-refractivity contribution in [1.29, 1.82) is 0 Å². The summed E-state index contributed by atoms with van der Waals surface area (Å²) >= 11 is 1.66. The molecule has 0 bridgehead atoms. The van der Waals surface area contributed by atoms with Crippen LogP contribution in [0.15, 0.2) is 24.3 Å². The Morgan fingerprint density at radius 3 is 2.33 bits per heavy atom. The molecule has 0 spiro atoms. The predicted molar refractivity (Wildman–Crippen MR) is 81.3 cm³/mol. The predicted octanol–water partition coefficient (Wildman–Crippen LogP) is 4.11. The van der Waals surface area contributed by atoms with Gasteiger partial charge in [0.1, 0.15) is 0 Å². The number of carbonyl (C=O) groups is 1. The lowest BCUT2D eigenvalue weighted by Gasteiger charge is -2.17. The monoisotopic (exact) mass is 265 g/mol. The van der Waals surface area contributed by atoms with Crippen molar-refractivity contribution in [2.45, 2.75) is 45.3 Å². The van der Waals surface area contributed by atoms with Crippen molar-refractivity contribution < 1.29 is 4.79 Å². The van der Waals surface area contributed by atoms with Crippen LogP contribution in [0.3, 0.4) is 0 Å². The Kier molecular flexibility index (Phi) is 5.73. The zero-order chi connectivity index (χ0) is 13.6. The lowest BCUT2D eigenvalue weighted by molar-refractivity contribution is -0.113. The van der Waals surface area contributed by atoms with E-state index in [0.29, 0.717) is 5.75 Å². The molecule has 1 amide bonds. The highest BCUT2D eigenvalue weighted by Crippen LogP contribution is 2.23. The molecule has 0 heterocycles. The number of hydrogen-bond acceptors (Lipinski definition) is 2. The van der Waals surface area contributed by atoms with Gasteiger partial charge in [0, 0.05) is 10.4 Å². The molecule has 0 fully saturated rings. The Morgan fingerprint density at radius 1 is 1.22 bits per heavy atom. The molecule has 0 aliphatic carbocycles. The minimum atomic E-state index is 0.0677. The second-order valence-electron chi connectivity index (χ2n) is 5.40. The summed E-state index contributed by atoms with van der Waals surface area (Å²) in [7, 11) is 0. The molecule has 0 saturated heterocycles. The summed E-state index contributed by atoms with van der Waals surface area (Å²) in [5.41, 5.74) is 2.20.